The first kappa shape index (κ1) is 14.1. The molecule has 1 aromatic carbocycles. The molecule has 0 aliphatic heterocycles. The Morgan fingerprint density at radius 1 is 1.33 bits per heavy atom. The Morgan fingerprint density at radius 2 is 2.14 bits per heavy atom. The van der Waals surface area contributed by atoms with Crippen molar-refractivity contribution < 1.29 is 9.53 Å². The Balaban J connectivity index is 1.88. The Labute approximate surface area is 128 Å². The van der Waals surface area contributed by atoms with Crippen molar-refractivity contribution >= 4 is 22.9 Å². The van der Waals surface area contributed by atoms with Gasteiger partial charge in [0.2, 0.25) is 5.88 Å². The molecule has 4 nitrogen and oxygen atoms in total. The van der Waals surface area contributed by atoms with Gasteiger partial charge in [-0.2, -0.15) is 0 Å². The molecule has 1 aromatic heterocycles. The smallest absolute Gasteiger partial charge is 0.271 e. The SMILES string of the molecule is COc1nc(C)sc1C(=O)Nc1cccc2c1CCCC2. The number of anilines is 1. The lowest BCUT2D eigenvalue weighted by atomic mass is 9.90. The normalized spacial score (nSPS) is 13.6. The molecule has 0 fully saturated rings. The maximum atomic E-state index is 12.5. The molecule has 0 saturated carbocycles. The van der Waals surface area contributed by atoms with E-state index in [2.05, 4.69) is 16.4 Å². The van der Waals surface area contributed by atoms with Gasteiger partial charge in [0.1, 0.15) is 0 Å². The highest BCUT2D eigenvalue weighted by Crippen LogP contribution is 2.30. The zero-order valence-electron chi connectivity index (χ0n) is 12.2. The van der Waals surface area contributed by atoms with Gasteiger partial charge in [-0.1, -0.05) is 12.1 Å². The third kappa shape index (κ3) is 2.78. The lowest BCUT2D eigenvalue weighted by molar-refractivity contribution is 0.102. The number of carbonyl (C=O) groups excluding carboxylic acids is 1. The van der Waals surface area contributed by atoms with Gasteiger partial charge in [0.15, 0.2) is 4.88 Å². The van der Waals surface area contributed by atoms with Crippen molar-refractivity contribution in [2.45, 2.75) is 32.6 Å². The fraction of sp³-hybridized carbons (Fsp3) is 0.375. The first-order chi connectivity index (χ1) is 10.2. The molecule has 1 amide bonds. The molecule has 3 rings (SSSR count). The van der Waals surface area contributed by atoms with Crippen molar-refractivity contribution in [2.75, 3.05) is 12.4 Å². The number of methoxy groups -OCH3 is 1. The van der Waals surface area contributed by atoms with Crippen molar-refractivity contribution in [3.05, 3.63) is 39.2 Å². The molecule has 0 radical (unpaired) electrons. The Kier molecular flexibility index (Phi) is 3.92. The van der Waals surface area contributed by atoms with Gasteiger partial charge in [-0.3, -0.25) is 4.79 Å². The summed E-state index contributed by atoms with van der Waals surface area (Å²) in [4.78, 5) is 17.2. The Morgan fingerprint density at radius 3 is 2.95 bits per heavy atom. The van der Waals surface area contributed by atoms with Crippen LogP contribution in [-0.2, 0) is 12.8 Å². The highest BCUT2D eigenvalue weighted by molar-refractivity contribution is 7.14. The predicted octanol–water partition coefficient (Wildman–Crippen LogP) is 3.59. The van der Waals surface area contributed by atoms with E-state index >= 15 is 0 Å². The standard InChI is InChI=1S/C16H18N2O2S/c1-10-17-16(20-2)14(21-10)15(19)18-13-9-5-7-11-6-3-4-8-12(11)13/h5,7,9H,3-4,6,8H2,1-2H3,(H,18,19). The summed E-state index contributed by atoms with van der Waals surface area (Å²) in [5.41, 5.74) is 3.55. The summed E-state index contributed by atoms with van der Waals surface area (Å²) in [6.07, 6.45) is 4.54. The summed E-state index contributed by atoms with van der Waals surface area (Å²) in [6, 6.07) is 6.14. The fourth-order valence-corrected chi connectivity index (χ4v) is 3.55. The summed E-state index contributed by atoms with van der Waals surface area (Å²) in [5.74, 6) is 0.260. The van der Waals surface area contributed by atoms with Crippen molar-refractivity contribution in [2.24, 2.45) is 0 Å². The lowest BCUT2D eigenvalue weighted by Gasteiger charge is -2.19. The fourth-order valence-electron chi connectivity index (χ4n) is 2.77. The second kappa shape index (κ2) is 5.85. The van der Waals surface area contributed by atoms with Gasteiger partial charge in [-0.15, -0.1) is 11.3 Å². The van der Waals surface area contributed by atoms with Gasteiger partial charge in [0.25, 0.3) is 5.91 Å². The average molecular weight is 302 g/mol. The van der Waals surface area contributed by atoms with Crippen LogP contribution in [0.25, 0.3) is 0 Å². The molecule has 0 atom stereocenters. The number of nitrogens with one attached hydrogen (secondary N) is 1. The molecule has 21 heavy (non-hydrogen) atoms. The van der Waals surface area contributed by atoms with Gasteiger partial charge in [0.05, 0.1) is 12.1 Å². The molecule has 0 saturated heterocycles. The largest absolute Gasteiger partial charge is 0.480 e. The minimum atomic E-state index is -0.142. The summed E-state index contributed by atoms with van der Waals surface area (Å²) in [7, 11) is 1.54. The predicted molar refractivity (Wildman–Crippen MR) is 84.4 cm³/mol. The molecular weight excluding hydrogens is 284 g/mol. The van der Waals surface area contributed by atoms with Crippen LogP contribution in [-0.4, -0.2) is 18.0 Å². The quantitative estimate of drug-likeness (QED) is 0.942. The van der Waals surface area contributed by atoms with Crippen LogP contribution in [0, 0.1) is 6.92 Å². The summed E-state index contributed by atoms with van der Waals surface area (Å²) < 4.78 is 5.18. The van der Waals surface area contributed by atoms with E-state index < -0.39 is 0 Å². The van der Waals surface area contributed by atoms with Crippen molar-refractivity contribution in [1.29, 1.82) is 0 Å². The molecule has 110 valence electrons. The molecular formula is C16H18N2O2S. The molecule has 1 aliphatic carbocycles. The van der Waals surface area contributed by atoms with Gasteiger partial charge in [0, 0.05) is 5.69 Å². The minimum absolute atomic E-state index is 0.142. The maximum Gasteiger partial charge on any atom is 0.271 e. The van der Waals surface area contributed by atoms with Crippen LogP contribution >= 0.6 is 11.3 Å². The van der Waals surface area contributed by atoms with E-state index in [1.165, 1.54) is 42.4 Å². The third-order valence-corrected chi connectivity index (χ3v) is 4.70. The van der Waals surface area contributed by atoms with Crippen molar-refractivity contribution in [3.63, 3.8) is 0 Å². The summed E-state index contributed by atoms with van der Waals surface area (Å²) >= 11 is 1.36. The van der Waals surface area contributed by atoms with Crippen LogP contribution < -0.4 is 10.1 Å². The lowest BCUT2D eigenvalue weighted by Crippen LogP contribution is -2.15. The molecule has 1 aliphatic rings. The Hall–Kier alpha value is -1.88. The van der Waals surface area contributed by atoms with Gasteiger partial charge < -0.3 is 10.1 Å². The van der Waals surface area contributed by atoms with E-state index in [1.54, 1.807) is 0 Å². The number of nitrogens with zero attached hydrogens (tertiary/aromatic N) is 1. The molecule has 5 heteroatoms. The van der Waals surface area contributed by atoms with Crippen LogP contribution in [0.5, 0.6) is 5.88 Å². The Bertz CT molecular complexity index is 679. The second-order valence-electron chi connectivity index (χ2n) is 5.18. The number of thiazole rings is 1. The molecule has 0 spiro atoms. The van der Waals surface area contributed by atoms with Crippen LogP contribution in [0.2, 0.25) is 0 Å². The number of aryl methyl sites for hydroxylation is 2. The van der Waals surface area contributed by atoms with E-state index in [1.807, 2.05) is 19.1 Å². The first-order valence-corrected chi connectivity index (χ1v) is 7.94. The van der Waals surface area contributed by atoms with Crippen molar-refractivity contribution in [1.82, 2.24) is 4.98 Å². The number of carbonyl (C=O) groups is 1. The van der Waals surface area contributed by atoms with Gasteiger partial charge in [-0.05, 0) is 49.8 Å². The topological polar surface area (TPSA) is 51.2 Å². The van der Waals surface area contributed by atoms with Crippen LogP contribution in [0.3, 0.4) is 0 Å². The number of benzene rings is 1. The number of hydrogen-bond acceptors (Lipinski definition) is 4. The monoisotopic (exact) mass is 302 g/mol. The van der Waals surface area contributed by atoms with Crippen LogP contribution in [0.15, 0.2) is 18.2 Å². The number of aromatic nitrogens is 1. The zero-order chi connectivity index (χ0) is 14.8. The third-order valence-electron chi connectivity index (χ3n) is 3.75. The van der Waals surface area contributed by atoms with E-state index in [9.17, 15) is 4.79 Å². The van der Waals surface area contributed by atoms with E-state index in [0.717, 1.165) is 23.5 Å². The number of fused-ring (bicyclic) bond motifs is 1. The number of rotatable bonds is 3. The highest BCUT2D eigenvalue weighted by atomic mass is 32.1. The second-order valence-corrected chi connectivity index (χ2v) is 6.38. The van der Waals surface area contributed by atoms with Gasteiger partial charge >= 0.3 is 0 Å². The molecule has 2 aromatic rings. The molecule has 1 heterocycles. The van der Waals surface area contributed by atoms with E-state index in [-0.39, 0.29) is 5.91 Å². The average Bonchev–Trinajstić information content (AvgIpc) is 2.89. The first-order valence-electron chi connectivity index (χ1n) is 7.12. The van der Waals surface area contributed by atoms with E-state index in [0.29, 0.717) is 10.8 Å². The molecule has 1 N–H and O–H groups in total. The maximum absolute atomic E-state index is 12.5. The summed E-state index contributed by atoms with van der Waals surface area (Å²) in [5, 5.41) is 3.85. The van der Waals surface area contributed by atoms with Crippen molar-refractivity contribution in [3.8, 4) is 5.88 Å². The highest BCUT2D eigenvalue weighted by Gasteiger charge is 2.20. The number of hydrogen-bond donors (Lipinski definition) is 1. The van der Waals surface area contributed by atoms with E-state index in [4.69, 9.17) is 4.74 Å². The zero-order valence-corrected chi connectivity index (χ0v) is 13.0. The molecule has 0 unspecified atom stereocenters. The van der Waals surface area contributed by atoms with Gasteiger partial charge in [-0.25, -0.2) is 4.98 Å². The number of amides is 1. The summed E-state index contributed by atoms with van der Waals surface area (Å²) in [6.45, 7) is 1.87. The molecule has 0 bridgehead atoms. The van der Waals surface area contributed by atoms with Crippen LogP contribution in [0.4, 0.5) is 5.69 Å². The minimum Gasteiger partial charge on any atom is -0.480 e. The number of ether oxygens (including phenoxy) is 1. The van der Waals surface area contributed by atoms with Crippen LogP contribution in [0.1, 0.15) is 38.6 Å².